The normalized spacial score (nSPS) is 15.4. The molecule has 0 aliphatic heterocycles. The van der Waals surface area contributed by atoms with Gasteiger partial charge in [0.25, 0.3) is 5.91 Å². The molecule has 1 saturated carbocycles. The van der Waals surface area contributed by atoms with E-state index in [-0.39, 0.29) is 17.9 Å². The van der Waals surface area contributed by atoms with Crippen molar-refractivity contribution < 1.29 is 9.59 Å². The van der Waals surface area contributed by atoms with Gasteiger partial charge in [-0.15, -0.1) is 0 Å². The molecule has 1 aromatic rings. The Morgan fingerprint density at radius 1 is 1.23 bits per heavy atom. The van der Waals surface area contributed by atoms with Crippen LogP contribution in [0, 0.1) is 0 Å². The quantitative estimate of drug-likeness (QED) is 0.856. The number of halogens is 1. The fourth-order valence-corrected chi connectivity index (χ4v) is 2.94. The molecule has 2 N–H and O–H groups in total. The number of anilines is 1. The van der Waals surface area contributed by atoms with Crippen molar-refractivity contribution >= 4 is 29.1 Å². The van der Waals surface area contributed by atoms with E-state index in [4.69, 9.17) is 11.6 Å². The molecule has 0 atom stereocenters. The minimum Gasteiger partial charge on any atom is -0.349 e. The average molecular weight is 323 g/mol. The molecular weight excluding hydrogens is 300 g/mol. The van der Waals surface area contributed by atoms with E-state index in [2.05, 4.69) is 10.6 Å². The van der Waals surface area contributed by atoms with E-state index in [0.717, 1.165) is 32.1 Å². The minimum atomic E-state index is -0.163. The van der Waals surface area contributed by atoms with Crippen LogP contribution in [-0.4, -0.2) is 17.9 Å². The monoisotopic (exact) mass is 322 g/mol. The Morgan fingerprint density at radius 2 is 1.95 bits per heavy atom. The first-order valence-corrected chi connectivity index (χ1v) is 8.38. The summed E-state index contributed by atoms with van der Waals surface area (Å²) in [5, 5.41) is 6.24. The van der Waals surface area contributed by atoms with Crippen LogP contribution in [0.25, 0.3) is 0 Å². The second-order valence-electron chi connectivity index (χ2n) is 5.80. The van der Waals surface area contributed by atoms with Gasteiger partial charge in [0.2, 0.25) is 5.91 Å². The molecular formula is C17H23ClN2O2. The van der Waals surface area contributed by atoms with Gasteiger partial charge in [-0.3, -0.25) is 9.59 Å². The van der Waals surface area contributed by atoms with Gasteiger partial charge in [-0.25, -0.2) is 0 Å². The lowest BCUT2D eigenvalue weighted by molar-refractivity contribution is -0.116. The van der Waals surface area contributed by atoms with Crippen molar-refractivity contribution in [2.75, 3.05) is 5.32 Å². The van der Waals surface area contributed by atoms with Gasteiger partial charge in [0, 0.05) is 18.2 Å². The van der Waals surface area contributed by atoms with E-state index in [1.54, 1.807) is 18.2 Å². The van der Waals surface area contributed by atoms with Crippen LogP contribution in [0.1, 0.15) is 62.2 Å². The smallest absolute Gasteiger partial charge is 0.253 e. The van der Waals surface area contributed by atoms with Crippen molar-refractivity contribution in [1.29, 1.82) is 0 Å². The van der Waals surface area contributed by atoms with E-state index < -0.39 is 0 Å². The molecule has 0 spiro atoms. The molecule has 2 rings (SSSR count). The minimum absolute atomic E-state index is 0.0524. The number of carbonyl (C=O) groups excluding carboxylic acids is 2. The SMILES string of the molecule is CCCC(=O)Nc1ccc(Cl)c(C(=O)NC2CCCCC2)c1. The first-order valence-electron chi connectivity index (χ1n) is 8.00. The van der Waals surface area contributed by atoms with Crippen molar-refractivity contribution in [3.05, 3.63) is 28.8 Å². The first-order chi connectivity index (χ1) is 10.6. The van der Waals surface area contributed by atoms with Gasteiger partial charge in [-0.1, -0.05) is 37.8 Å². The average Bonchev–Trinajstić information content (AvgIpc) is 2.50. The van der Waals surface area contributed by atoms with Crippen molar-refractivity contribution in [3.8, 4) is 0 Å². The molecule has 1 aromatic carbocycles. The summed E-state index contributed by atoms with van der Waals surface area (Å²) >= 11 is 6.13. The Hall–Kier alpha value is -1.55. The van der Waals surface area contributed by atoms with Crippen LogP contribution < -0.4 is 10.6 Å². The second-order valence-corrected chi connectivity index (χ2v) is 6.21. The molecule has 0 aromatic heterocycles. The highest BCUT2D eigenvalue weighted by Crippen LogP contribution is 2.23. The van der Waals surface area contributed by atoms with E-state index >= 15 is 0 Å². The highest BCUT2D eigenvalue weighted by atomic mass is 35.5. The predicted octanol–water partition coefficient (Wildman–Crippen LogP) is 4.14. The van der Waals surface area contributed by atoms with Crippen molar-refractivity contribution in [2.24, 2.45) is 0 Å². The van der Waals surface area contributed by atoms with E-state index in [1.807, 2.05) is 6.92 Å². The maximum Gasteiger partial charge on any atom is 0.253 e. The summed E-state index contributed by atoms with van der Waals surface area (Å²) in [6, 6.07) is 5.25. The van der Waals surface area contributed by atoms with Gasteiger partial charge < -0.3 is 10.6 Å². The van der Waals surface area contributed by atoms with Crippen LogP contribution in [-0.2, 0) is 4.79 Å². The van der Waals surface area contributed by atoms with Crippen LogP contribution in [0.15, 0.2) is 18.2 Å². The fraction of sp³-hybridized carbons (Fsp3) is 0.529. The van der Waals surface area contributed by atoms with Gasteiger partial charge in [0.05, 0.1) is 10.6 Å². The summed E-state index contributed by atoms with van der Waals surface area (Å²) in [6.07, 6.45) is 6.86. The summed E-state index contributed by atoms with van der Waals surface area (Å²) in [4.78, 5) is 24.0. The zero-order valence-electron chi connectivity index (χ0n) is 13.0. The van der Waals surface area contributed by atoms with E-state index in [9.17, 15) is 9.59 Å². The van der Waals surface area contributed by atoms with Crippen LogP contribution in [0.5, 0.6) is 0 Å². The molecule has 120 valence electrons. The summed E-state index contributed by atoms with van der Waals surface area (Å²) in [6.45, 7) is 1.95. The van der Waals surface area contributed by atoms with Crippen LogP contribution in [0.4, 0.5) is 5.69 Å². The third-order valence-electron chi connectivity index (χ3n) is 3.91. The molecule has 1 fully saturated rings. The lowest BCUT2D eigenvalue weighted by atomic mass is 9.95. The molecule has 0 bridgehead atoms. The van der Waals surface area contributed by atoms with Gasteiger partial charge in [0.1, 0.15) is 0 Å². The molecule has 4 nitrogen and oxygen atoms in total. The zero-order chi connectivity index (χ0) is 15.9. The van der Waals surface area contributed by atoms with Gasteiger partial charge >= 0.3 is 0 Å². The molecule has 2 amide bonds. The Balaban J connectivity index is 2.05. The first kappa shape index (κ1) is 16.8. The third kappa shape index (κ3) is 4.73. The Labute approximate surface area is 136 Å². The number of hydrogen-bond acceptors (Lipinski definition) is 2. The molecule has 1 aliphatic carbocycles. The molecule has 0 saturated heterocycles. The lowest BCUT2D eigenvalue weighted by Gasteiger charge is -2.23. The number of rotatable bonds is 5. The Morgan fingerprint density at radius 3 is 2.64 bits per heavy atom. The topological polar surface area (TPSA) is 58.2 Å². The maximum atomic E-state index is 12.4. The molecule has 5 heteroatoms. The van der Waals surface area contributed by atoms with E-state index in [0.29, 0.717) is 22.7 Å². The van der Waals surface area contributed by atoms with Gasteiger partial charge in [0.15, 0.2) is 0 Å². The Kier molecular flexibility index (Phi) is 6.25. The number of carbonyl (C=O) groups is 2. The maximum absolute atomic E-state index is 12.4. The highest BCUT2D eigenvalue weighted by molar-refractivity contribution is 6.34. The van der Waals surface area contributed by atoms with Crippen molar-refractivity contribution in [3.63, 3.8) is 0 Å². The lowest BCUT2D eigenvalue weighted by Crippen LogP contribution is -2.36. The summed E-state index contributed by atoms with van der Waals surface area (Å²) in [5.41, 5.74) is 1.03. The van der Waals surface area contributed by atoms with Crippen LogP contribution in [0.2, 0.25) is 5.02 Å². The molecule has 0 heterocycles. The van der Waals surface area contributed by atoms with Crippen molar-refractivity contribution in [2.45, 2.75) is 57.9 Å². The highest BCUT2D eigenvalue weighted by Gasteiger charge is 2.18. The molecule has 0 unspecified atom stereocenters. The largest absolute Gasteiger partial charge is 0.349 e. The molecule has 0 radical (unpaired) electrons. The van der Waals surface area contributed by atoms with Gasteiger partial charge in [-0.2, -0.15) is 0 Å². The summed E-state index contributed by atoms with van der Waals surface area (Å²) in [7, 11) is 0. The number of amides is 2. The van der Waals surface area contributed by atoms with Crippen LogP contribution in [0.3, 0.4) is 0 Å². The predicted molar refractivity (Wildman–Crippen MR) is 89.3 cm³/mol. The Bertz CT molecular complexity index is 539. The summed E-state index contributed by atoms with van der Waals surface area (Å²) < 4.78 is 0. The second kappa shape index (κ2) is 8.18. The number of nitrogens with one attached hydrogen (secondary N) is 2. The standard InChI is InChI=1S/C17H23ClN2O2/c1-2-6-16(21)19-13-9-10-15(18)14(11-13)17(22)20-12-7-4-3-5-8-12/h9-12H,2-8H2,1H3,(H,19,21)(H,20,22). The number of hydrogen-bond donors (Lipinski definition) is 2. The zero-order valence-corrected chi connectivity index (χ0v) is 13.7. The molecule has 22 heavy (non-hydrogen) atoms. The molecule has 1 aliphatic rings. The van der Waals surface area contributed by atoms with E-state index in [1.165, 1.54) is 6.42 Å². The number of benzene rings is 1. The summed E-state index contributed by atoms with van der Waals surface area (Å²) in [5.74, 6) is -0.216. The third-order valence-corrected chi connectivity index (χ3v) is 4.24. The van der Waals surface area contributed by atoms with Gasteiger partial charge in [-0.05, 0) is 37.5 Å². The fourth-order valence-electron chi connectivity index (χ4n) is 2.74. The van der Waals surface area contributed by atoms with Crippen LogP contribution >= 0.6 is 11.6 Å². The van der Waals surface area contributed by atoms with Crippen molar-refractivity contribution in [1.82, 2.24) is 5.32 Å².